The molecular formula is C23H23ClN4O5. The first kappa shape index (κ1) is 22.6. The zero-order valence-electron chi connectivity index (χ0n) is 18.3. The first-order chi connectivity index (χ1) is 15.9. The molecule has 2 aromatic carbocycles. The van der Waals surface area contributed by atoms with E-state index < -0.39 is 6.04 Å². The second-order valence-electron chi connectivity index (χ2n) is 7.38. The lowest BCUT2D eigenvalue weighted by molar-refractivity contribution is -0.123. The maximum atomic E-state index is 12.8. The van der Waals surface area contributed by atoms with Gasteiger partial charge in [0.1, 0.15) is 11.9 Å². The monoisotopic (exact) mass is 470 g/mol. The van der Waals surface area contributed by atoms with Crippen LogP contribution in [0.25, 0.3) is 11.1 Å². The van der Waals surface area contributed by atoms with Crippen LogP contribution in [0.1, 0.15) is 18.2 Å². The Hall–Kier alpha value is -3.56. The van der Waals surface area contributed by atoms with E-state index in [1.165, 1.54) is 0 Å². The zero-order valence-corrected chi connectivity index (χ0v) is 19.1. The molecule has 1 atom stereocenters. The standard InChI is InChI=1S/C23H23ClN4O5/c1-31-12-16-21(13-4-9-18(32-2)19(10-13)33-3)22-26-23(30)17(28(22)27-16)11-20(29)25-15-7-5-14(24)6-8-15/h4-10,17H,11-12H2,1-3H3,(H,25,29)(H,26,30). The number of hydrogen-bond acceptors (Lipinski definition) is 6. The van der Waals surface area contributed by atoms with E-state index in [9.17, 15) is 9.59 Å². The normalized spacial score (nSPS) is 14.5. The molecule has 0 fully saturated rings. The number of halogens is 1. The zero-order chi connectivity index (χ0) is 23.5. The Bertz CT molecular complexity index is 1190. The van der Waals surface area contributed by atoms with Gasteiger partial charge in [-0.3, -0.25) is 9.59 Å². The molecule has 172 valence electrons. The average Bonchev–Trinajstić information content (AvgIpc) is 3.30. The number of carbonyl (C=O) groups excluding carboxylic acids is 2. The molecule has 2 heterocycles. The molecule has 1 unspecified atom stereocenters. The summed E-state index contributed by atoms with van der Waals surface area (Å²) in [6, 6.07) is 11.4. The number of hydrogen-bond donors (Lipinski definition) is 2. The third-order valence-electron chi connectivity index (χ3n) is 5.28. The molecule has 3 aromatic rings. The molecule has 1 aromatic heterocycles. The van der Waals surface area contributed by atoms with Gasteiger partial charge in [-0.05, 0) is 42.0 Å². The molecule has 2 amide bonds. The van der Waals surface area contributed by atoms with E-state index in [4.69, 9.17) is 25.8 Å². The summed E-state index contributed by atoms with van der Waals surface area (Å²) >= 11 is 5.89. The number of amides is 2. The number of methoxy groups -OCH3 is 3. The summed E-state index contributed by atoms with van der Waals surface area (Å²) < 4.78 is 17.6. The summed E-state index contributed by atoms with van der Waals surface area (Å²) in [4.78, 5) is 25.4. The third kappa shape index (κ3) is 4.50. The Kier molecular flexibility index (Phi) is 6.52. The van der Waals surface area contributed by atoms with E-state index in [0.29, 0.717) is 39.3 Å². The van der Waals surface area contributed by atoms with Crippen LogP contribution in [-0.4, -0.2) is 42.9 Å². The topological polar surface area (TPSA) is 104 Å². The highest BCUT2D eigenvalue weighted by Gasteiger charge is 2.37. The van der Waals surface area contributed by atoms with Crippen molar-refractivity contribution in [3.05, 3.63) is 53.2 Å². The van der Waals surface area contributed by atoms with E-state index in [2.05, 4.69) is 15.7 Å². The number of nitrogens with one attached hydrogen (secondary N) is 2. The molecule has 0 radical (unpaired) electrons. The highest BCUT2D eigenvalue weighted by molar-refractivity contribution is 6.30. The Balaban J connectivity index is 1.65. The highest BCUT2D eigenvalue weighted by Crippen LogP contribution is 2.41. The van der Waals surface area contributed by atoms with Gasteiger partial charge in [0.25, 0.3) is 5.91 Å². The van der Waals surface area contributed by atoms with Crippen LogP contribution in [0.15, 0.2) is 42.5 Å². The van der Waals surface area contributed by atoms with Crippen molar-refractivity contribution in [3.8, 4) is 22.6 Å². The van der Waals surface area contributed by atoms with Gasteiger partial charge in [0, 0.05) is 17.8 Å². The molecular weight excluding hydrogens is 448 g/mol. The molecule has 0 saturated heterocycles. The summed E-state index contributed by atoms with van der Waals surface area (Å²) in [6.45, 7) is 0.225. The van der Waals surface area contributed by atoms with Gasteiger partial charge in [-0.1, -0.05) is 17.7 Å². The molecule has 0 saturated carbocycles. The fourth-order valence-corrected chi connectivity index (χ4v) is 3.90. The first-order valence-corrected chi connectivity index (χ1v) is 10.5. The van der Waals surface area contributed by atoms with Gasteiger partial charge in [-0.2, -0.15) is 5.10 Å². The van der Waals surface area contributed by atoms with E-state index in [-0.39, 0.29) is 24.8 Å². The first-order valence-electron chi connectivity index (χ1n) is 10.1. The van der Waals surface area contributed by atoms with E-state index in [1.807, 2.05) is 12.1 Å². The van der Waals surface area contributed by atoms with Crippen LogP contribution < -0.4 is 20.1 Å². The predicted octanol–water partition coefficient (Wildman–Crippen LogP) is 3.89. The second kappa shape index (κ2) is 9.51. The number of aromatic nitrogens is 2. The average molecular weight is 471 g/mol. The van der Waals surface area contributed by atoms with Gasteiger partial charge in [0.05, 0.1) is 38.5 Å². The number of nitrogens with zero attached hydrogens (tertiary/aromatic N) is 2. The molecule has 0 aliphatic carbocycles. The maximum absolute atomic E-state index is 12.8. The molecule has 10 heteroatoms. The predicted molar refractivity (Wildman–Crippen MR) is 124 cm³/mol. The van der Waals surface area contributed by atoms with Crippen LogP contribution in [0.5, 0.6) is 11.5 Å². The van der Waals surface area contributed by atoms with Gasteiger partial charge in [0.15, 0.2) is 11.5 Å². The van der Waals surface area contributed by atoms with Crippen molar-refractivity contribution >= 4 is 34.9 Å². The second-order valence-corrected chi connectivity index (χ2v) is 7.82. The Labute approximate surface area is 195 Å². The Morgan fingerprint density at radius 2 is 1.85 bits per heavy atom. The number of rotatable bonds is 8. The van der Waals surface area contributed by atoms with Crippen molar-refractivity contribution in [1.29, 1.82) is 0 Å². The van der Waals surface area contributed by atoms with Crippen LogP contribution in [0.3, 0.4) is 0 Å². The van der Waals surface area contributed by atoms with Crippen LogP contribution in [0, 0.1) is 0 Å². The molecule has 0 bridgehead atoms. The van der Waals surface area contributed by atoms with Crippen molar-refractivity contribution < 1.29 is 23.8 Å². The number of ether oxygens (including phenoxy) is 3. The van der Waals surface area contributed by atoms with E-state index in [1.54, 1.807) is 56.3 Å². The minimum Gasteiger partial charge on any atom is -0.493 e. The molecule has 0 spiro atoms. The SMILES string of the molecule is COCc1nn2c(c1-c1ccc(OC)c(OC)c1)NC(=O)C2CC(=O)Nc1ccc(Cl)cc1. The summed E-state index contributed by atoms with van der Waals surface area (Å²) in [6.07, 6.45) is -0.0824. The fraction of sp³-hybridized carbons (Fsp3) is 0.261. The highest BCUT2D eigenvalue weighted by atomic mass is 35.5. The molecule has 1 aliphatic rings. The van der Waals surface area contributed by atoms with Crippen LogP contribution in [0.4, 0.5) is 11.5 Å². The number of carbonyl (C=O) groups is 2. The van der Waals surface area contributed by atoms with Gasteiger partial charge in [0.2, 0.25) is 5.91 Å². The van der Waals surface area contributed by atoms with Gasteiger partial charge in [-0.25, -0.2) is 4.68 Å². The Morgan fingerprint density at radius 1 is 1.12 bits per heavy atom. The molecule has 2 N–H and O–H groups in total. The minimum absolute atomic E-state index is 0.0824. The van der Waals surface area contributed by atoms with Crippen molar-refractivity contribution in [3.63, 3.8) is 0 Å². The van der Waals surface area contributed by atoms with Crippen molar-refractivity contribution in [2.24, 2.45) is 0 Å². The lowest BCUT2D eigenvalue weighted by Crippen LogP contribution is -2.24. The molecule has 1 aliphatic heterocycles. The summed E-state index contributed by atoms with van der Waals surface area (Å²) in [5, 5.41) is 10.8. The van der Waals surface area contributed by atoms with E-state index >= 15 is 0 Å². The van der Waals surface area contributed by atoms with Gasteiger partial charge in [-0.15, -0.1) is 0 Å². The van der Waals surface area contributed by atoms with Crippen LogP contribution in [-0.2, 0) is 20.9 Å². The maximum Gasteiger partial charge on any atom is 0.251 e. The smallest absolute Gasteiger partial charge is 0.251 e. The van der Waals surface area contributed by atoms with Crippen molar-refractivity contribution in [2.45, 2.75) is 19.1 Å². The summed E-state index contributed by atoms with van der Waals surface area (Å²) in [5.41, 5.74) is 2.69. The fourth-order valence-electron chi connectivity index (χ4n) is 3.77. The largest absolute Gasteiger partial charge is 0.493 e. The van der Waals surface area contributed by atoms with Gasteiger partial charge < -0.3 is 24.8 Å². The van der Waals surface area contributed by atoms with E-state index in [0.717, 1.165) is 5.56 Å². The molecule has 4 rings (SSSR count). The number of fused-ring (bicyclic) bond motifs is 1. The van der Waals surface area contributed by atoms with Crippen molar-refractivity contribution in [2.75, 3.05) is 32.0 Å². The van der Waals surface area contributed by atoms with Crippen molar-refractivity contribution in [1.82, 2.24) is 9.78 Å². The number of anilines is 2. The van der Waals surface area contributed by atoms with Crippen LogP contribution >= 0.6 is 11.6 Å². The minimum atomic E-state index is -0.795. The quantitative estimate of drug-likeness (QED) is 0.517. The van der Waals surface area contributed by atoms with Crippen LogP contribution in [0.2, 0.25) is 5.02 Å². The summed E-state index contributed by atoms with van der Waals surface area (Å²) in [7, 11) is 4.68. The summed E-state index contributed by atoms with van der Waals surface area (Å²) in [5.74, 6) is 1.00. The molecule has 33 heavy (non-hydrogen) atoms. The molecule has 9 nitrogen and oxygen atoms in total. The lowest BCUT2D eigenvalue weighted by Gasteiger charge is -2.11. The van der Waals surface area contributed by atoms with Gasteiger partial charge >= 0.3 is 0 Å². The lowest BCUT2D eigenvalue weighted by atomic mass is 10.0. The number of benzene rings is 2. The Morgan fingerprint density at radius 3 is 2.52 bits per heavy atom. The third-order valence-corrected chi connectivity index (χ3v) is 5.53.